The number of benzene rings is 1. The first-order chi connectivity index (χ1) is 9.11. The fourth-order valence-electron chi connectivity index (χ4n) is 3.17. The second kappa shape index (κ2) is 6.49. The predicted molar refractivity (Wildman–Crippen MR) is 77.4 cm³/mol. The van der Waals surface area contributed by atoms with Crippen molar-refractivity contribution < 1.29 is 4.39 Å². The van der Waals surface area contributed by atoms with Crippen LogP contribution in [0.1, 0.15) is 44.7 Å². The Morgan fingerprint density at radius 2 is 2.26 bits per heavy atom. The van der Waals surface area contributed by atoms with Gasteiger partial charge in [-0.25, -0.2) is 4.39 Å². The molecule has 1 saturated heterocycles. The van der Waals surface area contributed by atoms with Gasteiger partial charge in [-0.2, -0.15) is 0 Å². The van der Waals surface area contributed by atoms with E-state index in [1.54, 1.807) is 12.1 Å². The summed E-state index contributed by atoms with van der Waals surface area (Å²) in [7, 11) is 0. The molecule has 0 amide bonds. The zero-order valence-electron chi connectivity index (χ0n) is 12.0. The zero-order valence-corrected chi connectivity index (χ0v) is 12.0. The third-order valence-electron chi connectivity index (χ3n) is 4.29. The largest absolute Gasteiger partial charge is 0.328 e. The number of halogens is 1. The Labute approximate surface area is 115 Å². The maximum atomic E-state index is 13.4. The van der Waals surface area contributed by atoms with Crippen LogP contribution in [0.15, 0.2) is 24.3 Å². The van der Waals surface area contributed by atoms with Gasteiger partial charge < -0.3 is 5.73 Å². The lowest BCUT2D eigenvalue weighted by Crippen LogP contribution is -2.43. The molecule has 2 N–H and O–H groups in total. The summed E-state index contributed by atoms with van der Waals surface area (Å²) >= 11 is 0. The molecule has 3 atom stereocenters. The molecule has 1 aliphatic rings. The summed E-state index contributed by atoms with van der Waals surface area (Å²) in [5.41, 5.74) is 7.14. The lowest BCUT2D eigenvalue weighted by atomic mass is 9.90. The number of nitrogens with zero attached hydrogens (tertiary/aromatic N) is 1. The van der Waals surface area contributed by atoms with Crippen molar-refractivity contribution in [2.75, 3.05) is 13.1 Å². The van der Waals surface area contributed by atoms with Gasteiger partial charge in [0.05, 0.1) is 0 Å². The molecule has 106 valence electrons. The maximum Gasteiger partial charge on any atom is 0.123 e. The normalized spacial score (nSPS) is 24.1. The van der Waals surface area contributed by atoms with E-state index in [9.17, 15) is 4.39 Å². The molecule has 2 rings (SSSR count). The van der Waals surface area contributed by atoms with E-state index in [1.165, 1.54) is 18.9 Å². The summed E-state index contributed by atoms with van der Waals surface area (Å²) in [4.78, 5) is 2.48. The van der Waals surface area contributed by atoms with Crippen LogP contribution in [-0.4, -0.2) is 24.0 Å². The second-order valence-corrected chi connectivity index (χ2v) is 5.74. The van der Waals surface area contributed by atoms with Crippen molar-refractivity contribution in [3.05, 3.63) is 35.6 Å². The number of hydrogen-bond donors (Lipinski definition) is 1. The Hall–Kier alpha value is -0.930. The first-order valence-corrected chi connectivity index (χ1v) is 7.37. The molecule has 0 aromatic heterocycles. The lowest BCUT2D eigenvalue weighted by molar-refractivity contribution is 0.110. The Morgan fingerprint density at radius 3 is 2.89 bits per heavy atom. The molecular weight excluding hydrogens is 239 g/mol. The van der Waals surface area contributed by atoms with Gasteiger partial charge in [-0.3, -0.25) is 4.90 Å². The molecule has 0 spiro atoms. The number of likely N-dealkylation sites (tertiary alicyclic amines) is 1. The van der Waals surface area contributed by atoms with Crippen molar-refractivity contribution in [2.24, 2.45) is 11.7 Å². The molecule has 1 aliphatic heterocycles. The van der Waals surface area contributed by atoms with Gasteiger partial charge >= 0.3 is 0 Å². The predicted octanol–water partition coefficient (Wildman–Crippen LogP) is 3.34. The molecule has 1 aromatic rings. The van der Waals surface area contributed by atoms with Crippen LogP contribution in [0.25, 0.3) is 0 Å². The molecule has 1 aromatic carbocycles. The summed E-state index contributed by atoms with van der Waals surface area (Å²) in [6.45, 7) is 6.40. The van der Waals surface area contributed by atoms with Gasteiger partial charge in [-0.1, -0.05) is 19.1 Å². The van der Waals surface area contributed by atoms with Gasteiger partial charge in [0.15, 0.2) is 0 Å². The highest BCUT2D eigenvalue weighted by Crippen LogP contribution is 2.30. The van der Waals surface area contributed by atoms with E-state index in [2.05, 4.69) is 18.7 Å². The van der Waals surface area contributed by atoms with Gasteiger partial charge in [0.2, 0.25) is 0 Å². The van der Waals surface area contributed by atoms with Crippen LogP contribution in [0.2, 0.25) is 0 Å². The molecule has 2 nitrogen and oxygen atoms in total. The number of rotatable bonds is 4. The highest BCUT2D eigenvalue weighted by molar-refractivity contribution is 5.20. The SMILES string of the molecule is CCC(c1cccc(F)c1)N1CCCC(C(C)N)C1. The fourth-order valence-corrected chi connectivity index (χ4v) is 3.17. The van der Waals surface area contributed by atoms with Crippen LogP contribution in [-0.2, 0) is 0 Å². The van der Waals surface area contributed by atoms with Gasteiger partial charge in [-0.15, -0.1) is 0 Å². The van der Waals surface area contributed by atoms with E-state index in [0.717, 1.165) is 25.1 Å². The second-order valence-electron chi connectivity index (χ2n) is 5.74. The van der Waals surface area contributed by atoms with E-state index in [0.29, 0.717) is 12.0 Å². The van der Waals surface area contributed by atoms with E-state index < -0.39 is 0 Å². The van der Waals surface area contributed by atoms with Crippen molar-refractivity contribution in [1.82, 2.24) is 4.90 Å². The molecular formula is C16H25FN2. The molecule has 1 fully saturated rings. The third-order valence-corrected chi connectivity index (χ3v) is 4.29. The minimum atomic E-state index is -0.142. The van der Waals surface area contributed by atoms with Crippen molar-refractivity contribution in [1.29, 1.82) is 0 Å². The summed E-state index contributed by atoms with van der Waals surface area (Å²) < 4.78 is 13.4. The van der Waals surface area contributed by atoms with Crippen LogP contribution in [0.4, 0.5) is 4.39 Å². The van der Waals surface area contributed by atoms with Crippen LogP contribution in [0.5, 0.6) is 0 Å². The van der Waals surface area contributed by atoms with Gasteiger partial charge in [0.1, 0.15) is 5.82 Å². The molecule has 3 unspecified atom stereocenters. The molecule has 0 saturated carbocycles. The van der Waals surface area contributed by atoms with Crippen molar-refractivity contribution in [2.45, 2.75) is 45.2 Å². The van der Waals surface area contributed by atoms with Crippen molar-refractivity contribution >= 4 is 0 Å². The first kappa shape index (κ1) is 14.5. The van der Waals surface area contributed by atoms with Gasteiger partial charge in [0.25, 0.3) is 0 Å². The molecule has 0 radical (unpaired) electrons. The van der Waals surface area contributed by atoms with Crippen LogP contribution >= 0.6 is 0 Å². The molecule has 1 heterocycles. The Kier molecular flexibility index (Phi) is 4.94. The van der Waals surface area contributed by atoms with E-state index in [1.807, 2.05) is 6.07 Å². The van der Waals surface area contributed by atoms with E-state index in [4.69, 9.17) is 5.73 Å². The van der Waals surface area contributed by atoms with Crippen molar-refractivity contribution in [3.8, 4) is 0 Å². The fraction of sp³-hybridized carbons (Fsp3) is 0.625. The molecule has 3 heteroatoms. The van der Waals surface area contributed by atoms with Gasteiger partial charge in [-0.05, 0) is 56.3 Å². The highest BCUT2D eigenvalue weighted by Gasteiger charge is 2.27. The van der Waals surface area contributed by atoms with Gasteiger partial charge in [0, 0.05) is 18.6 Å². The Bertz CT molecular complexity index is 405. The standard InChI is InChI=1S/C16H25FN2/c1-3-16(13-6-4-8-15(17)10-13)19-9-5-7-14(11-19)12(2)18/h4,6,8,10,12,14,16H,3,5,7,9,11,18H2,1-2H3. The van der Waals surface area contributed by atoms with E-state index >= 15 is 0 Å². The number of hydrogen-bond acceptors (Lipinski definition) is 2. The molecule has 0 bridgehead atoms. The summed E-state index contributed by atoms with van der Waals surface area (Å²) in [6, 6.07) is 7.58. The number of piperidine rings is 1. The quantitative estimate of drug-likeness (QED) is 0.903. The minimum absolute atomic E-state index is 0.142. The Morgan fingerprint density at radius 1 is 1.47 bits per heavy atom. The Balaban J connectivity index is 2.13. The van der Waals surface area contributed by atoms with E-state index in [-0.39, 0.29) is 11.9 Å². The van der Waals surface area contributed by atoms with Crippen LogP contribution in [0, 0.1) is 11.7 Å². The summed E-state index contributed by atoms with van der Waals surface area (Å²) in [5, 5.41) is 0. The minimum Gasteiger partial charge on any atom is -0.328 e. The average molecular weight is 264 g/mol. The summed E-state index contributed by atoms with van der Waals surface area (Å²) in [5.74, 6) is 0.424. The zero-order chi connectivity index (χ0) is 13.8. The monoisotopic (exact) mass is 264 g/mol. The van der Waals surface area contributed by atoms with Crippen molar-refractivity contribution in [3.63, 3.8) is 0 Å². The lowest BCUT2D eigenvalue weighted by Gasteiger charge is -2.39. The topological polar surface area (TPSA) is 29.3 Å². The first-order valence-electron chi connectivity index (χ1n) is 7.37. The van der Waals surface area contributed by atoms with Crippen LogP contribution in [0.3, 0.4) is 0 Å². The average Bonchev–Trinajstić information content (AvgIpc) is 2.40. The number of nitrogens with two attached hydrogens (primary N) is 1. The molecule has 19 heavy (non-hydrogen) atoms. The highest BCUT2D eigenvalue weighted by atomic mass is 19.1. The smallest absolute Gasteiger partial charge is 0.123 e. The molecule has 0 aliphatic carbocycles. The third kappa shape index (κ3) is 3.54. The maximum absolute atomic E-state index is 13.4. The van der Waals surface area contributed by atoms with Crippen LogP contribution < -0.4 is 5.73 Å². The summed E-state index contributed by atoms with van der Waals surface area (Å²) in [6.07, 6.45) is 3.42.